The molecule has 1 heterocycles. The topological polar surface area (TPSA) is 45.8 Å². The van der Waals surface area contributed by atoms with E-state index in [0.29, 0.717) is 10.6 Å². The fraction of sp³-hybridized carbons (Fsp3) is 0. The maximum atomic E-state index is 12.6. The molecule has 0 saturated carbocycles. The monoisotopic (exact) mass is 240 g/mol. The zero-order valence-electron chi connectivity index (χ0n) is 7.36. The number of aromatic nitrogens is 2. The first-order chi connectivity index (χ1) is 7.16. The Kier molecular flexibility index (Phi) is 2.70. The molecule has 0 atom stereocenters. The number of nitrogens with zero attached hydrogens (tertiary/aromatic N) is 1. The lowest BCUT2D eigenvalue weighted by Gasteiger charge is -1.97. The maximum absolute atomic E-state index is 12.6. The Bertz CT molecular complexity index is 588. The van der Waals surface area contributed by atoms with Crippen molar-refractivity contribution in [2.45, 2.75) is 0 Å². The van der Waals surface area contributed by atoms with Gasteiger partial charge in [-0.05, 0) is 24.3 Å². The van der Waals surface area contributed by atoms with E-state index in [1.54, 1.807) is 12.1 Å². The van der Waals surface area contributed by atoms with E-state index in [1.807, 2.05) is 0 Å². The van der Waals surface area contributed by atoms with Gasteiger partial charge in [-0.2, -0.15) is 5.10 Å². The molecule has 0 radical (unpaired) electrons. The van der Waals surface area contributed by atoms with Crippen molar-refractivity contribution in [3.05, 3.63) is 44.3 Å². The van der Waals surface area contributed by atoms with Crippen LogP contribution in [-0.4, -0.2) is 10.2 Å². The highest BCUT2D eigenvalue weighted by Gasteiger charge is 2.02. The van der Waals surface area contributed by atoms with Crippen LogP contribution in [0.25, 0.3) is 10.6 Å². The molecule has 0 aliphatic heterocycles. The summed E-state index contributed by atoms with van der Waals surface area (Å²) in [6.45, 7) is 0. The molecule has 0 saturated heterocycles. The first-order valence-electron chi connectivity index (χ1n) is 4.02. The Balaban J connectivity index is 2.55. The van der Waals surface area contributed by atoms with Gasteiger partial charge in [0.1, 0.15) is 10.8 Å². The number of hydrogen-bond donors (Lipinski definition) is 1. The molecule has 0 aliphatic carbocycles. The van der Waals surface area contributed by atoms with Gasteiger partial charge in [0.05, 0.1) is 0 Å². The summed E-state index contributed by atoms with van der Waals surface area (Å²) in [5.74, 6) is -0.324. The van der Waals surface area contributed by atoms with E-state index in [-0.39, 0.29) is 15.2 Å². The van der Waals surface area contributed by atoms with Crippen LogP contribution in [0.4, 0.5) is 4.39 Å². The number of aromatic amines is 1. The highest BCUT2D eigenvalue weighted by atomic mass is 32.1. The third-order valence-corrected chi connectivity index (χ3v) is 3.04. The van der Waals surface area contributed by atoms with E-state index in [4.69, 9.17) is 12.2 Å². The molecule has 6 heteroatoms. The minimum atomic E-state index is -0.324. The highest BCUT2D eigenvalue weighted by Crippen LogP contribution is 2.18. The number of H-pyrrole nitrogens is 1. The normalized spacial score (nSPS) is 10.2. The van der Waals surface area contributed by atoms with Crippen molar-refractivity contribution in [3.63, 3.8) is 0 Å². The quantitative estimate of drug-likeness (QED) is 0.778. The van der Waals surface area contributed by atoms with Crippen molar-refractivity contribution in [3.8, 4) is 10.6 Å². The molecule has 1 aromatic carbocycles. The average Bonchev–Trinajstić information content (AvgIpc) is 2.23. The van der Waals surface area contributed by atoms with Crippen molar-refractivity contribution in [2.75, 3.05) is 0 Å². The van der Waals surface area contributed by atoms with Gasteiger partial charge in [0.25, 0.3) is 4.74 Å². The smallest absolute Gasteiger partial charge is 0.270 e. The molecule has 0 amide bonds. The van der Waals surface area contributed by atoms with E-state index >= 15 is 0 Å². The van der Waals surface area contributed by atoms with Gasteiger partial charge in [-0.25, -0.2) is 4.39 Å². The third-order valence-electron chi connectivity index (χ3n) is 1.72. The van der Waals surface area contributed by atoms with Crippen LogP contribution in [0.3, 0.4) is 0 Å². The molecule has 15 heavy (non-hydrogen) atoms. The number of rotatable bonds is 1. The predicted octanol–water partition coefficient (Wildman–Crippen LogP) is 2.37. The van der Waals surface area contributed by atoms with E-state index in [9.17, 15) is 9.18 Å². The summed E-state index contributed by atoms with van der Waals surface area (Å²) in [5.41, 5.74) is 0.685. The predicted molar refractivity (Wildman–Crippen MR) is 59.0 cm³/mol. The second kappa shape index (κ2) is 4.00. The summed E-state index contributed by atoms with van der Waals surface area (Å²) in [6, 6.07) is 5.75. The minimum absolute atomic E-state index is 0.0888. The molecule has 0 fully saturated rings. The van der Waals surface area contributed by atoms with Gasteiger partial charge in [0.2, 0.25) is 0 Å². The Morgan fingerprint density at radius 3 is 2.60 bits per heavy atom. The SMILES string of the molecule is O=c1sc(-c2ccc(F)cc2)n[nH]c1=S. The Labute approximate surface area is 93.2 Å². The lowest BCUT2D eigenvalue weighted by molar-refractivity contribution is 0.628. The van der Waals surface area contributed by atoms with E-state index in [0.717, 1.165) is 11.3 Å². The first kappa shape index (κ1) is 10.1. The molecule has 2 aromatic rings. The molecule has 0 spiro atoms. The Morgan fingerprint density at radius 2 is 2.00 bits per heavy atom. The zero-order valence-corrected chi connectivity index (χ0v) is 8.99. The lowest BCUT2D eigenvalue weighted by atomic mass is 10.2. The van der Waals surface area contributed by atoms with Crippen LogP contribution in [-0.2, 0) is 0 Å². The maximum Gasteiger partial charge on any atom is 0.270 e. The minimum Gasteiger partial charge on any atom is -0.274 e. The molecule has 76 valence electrons. The number of benzene rings is 1. The molecule has 3 nitrogen and oxygen atoms in total. The summed E-state index contributed by atoms with van der Waals surface area (Å²) in [7, 11) is 0. The Morgan fingerprint density at radius 1 is 1.33 bits per heavy atom. The standard InChI is InChI=1S/C9H5FN2OS2/c10-6-3-1-5(2-4-6)8-12-11-7(14)9(13)15-8/h1-4H,(H,11,14). The fourth-order valence-electron chi connectivity index (χ4n) is 1.02. The van der Waals surface area contributed by atoms with Crippen molar-refractivity contribution in [2.24, 2.45) is 0 Å². The molecule has 1 N–H and O–H groups in total. The molecule has 0 bridgehead atoms. The van der Waals surface area contributed by atoms with Crippen LogP contribution >= 0.6 is 23.6 Å². The first-order valence-corrected chi connectivity index (χ1v) is 5.25. The van der Waals surface area contributed by atoms with E-state index < -0.39 is 0 Å². The largest absolute Gasteiger partial charge is 0.274 e. The average molecular weight is 240 g/mol. The summed E-state index contributed by atoms with van der Waals surface area (Å²) in [5, 5.41) is 6.85. The fourth-order valence-corrected chi connectivity index (χ4v) is 1.85. The van der Waals surface area contributed by atoms with Gasteiger partial charge in [-0.15, -0.1) is 0 Å². The highest BCUT2D eigenvalue weighted by molar-refractivity contribution is 7.71. The van der Waals surface area contributed by atoms with Gasteiger partial charge < -0.3 is 0 Å². The van der Waals surface area contributed by atoms with Crippen LogP contribution in [0.15, 0.2) is 29.1 Å². The van der Waals surface area contributed by atoms with Gasteiger partial charge in [0.15, 0.2) is 4.64 Å². The molecule has 0 aliphatic rings. The van der Waals surface area contributed by atoms with Crippen LogP contribution < -0.4 is 4.74 Å². The van der Waals surface area contributed by atoms with Crippen molar-refractivity contribution in [1.82, 2.24) is 10.2 Å². The number of hydrogen-bond acceptors (Lipinski definition) is 4. The van der Waals surface area contributed by atoms with Crippen LogP contribution in [0, 0.1) is 10.5 Å². The Hall–Kier alpha value is -1.40. The molecule has 1 aromatic heterocycles. The van der Waals surface area contributed by atoms with Crippen molar-refractivity contribution >= 4 is 23.6 Å². The number of nitrogens with one attached hydrogen (secondary N) is 1. The summed E-state index contributed by atoms with van der Waals surface area (Å²) in [4.78, 5) is 11.2. The van der Waals surface area contributed by atoms with Gasteiger partial charge in [-0.1, -0.05) is 23.6 Å². The molecule has 0 unspecified atom stereocenters. The molecule has 2 rings (SSSR count). The van der Waals surface area contributed by atoms with Crippen LogP contribution in [0.5, 0.6) is 0 Å². The third kappa shape index (κ3) is 2.16. The van der Waals surface area contributed by atoms with Gasteiger partial charge in [0, 0.05) is 5.56 Å². The second-order valence-corrected chi connectivity index (χ2v) is 4.12. The summed E-state index contributed by atoms with van der Waals surface area (Å²) >= 11 is 5.64. The number of halogens is 1. The van der Waals surface area contributed by atoms with E-state index in [1.165, 1.54) is 12.1 Å². The second-order valence-electron chi connectivity index (χ2n) is 2.75. The van der Waals surface area contributed by atoms with Gasteiger partial charge >= 0.3 is 0 Å². The van der Waals surface area contributed by atoms with Crippen LogP contribution in [0.2, 0.25) is 0 Å². The summed E-state index contributed by atoms with van der Waals surface area (Å²) in [6.07, 6.45) is 0. The van der Waals surface area contributed by atoms with Crippen molar-refractivity contribution in [1.29, 1.82) is 0 Å². The lowest BCUT2D eigenvalue weighted by Crippen LogP contribution is -2.00. The van der Waals surface area contributed by atoms with E-state index in [2.05, 4.69) is 10.2 Å². The van der Waals surface area contributed by atoms with Gasteiger partial charge in [-0.3, -0.25) is 9.89 Å². The molecular weight excluding hydrogens is 235 g/mol. The zero-order chi connectivity index (χ0) is 10.8. The van der Waals surface area contributed by atoms with Crippen LogP contribution in [0.1, 0.15) is 0 Å². The molecular formula is C9H5FN2OS2. The van der Waals surface area contributed by atoms with Crippen molar-refractivity contribution < 1.29 is 4.39 Å². The summed E-state index contributed by atoms with van der Waals surface area (Å²) < 4.78 is 12.5.